The molecule has 26 nitrogen and oxygen atoms in total. The van der Waals surface area contributed by atoms with Crippen LogP contribution >= 0.6 is 126 Å². The molecule has 5 aromatic carbocycles. The Balaban J connectivity index is 0.000000121. The van der Waals surface area contributed by atoms with Crippen LogP contribution in [0.4, 0.5) is 30.7 Å². The molecule has 5 saturated heterocycles. The van der Waals surface area contributed by atoms with E-state index in [0.717, 1.165) is 178 Å². The molecule has 0 radical (unpaired) electrons. The highest BCUT2D eigenvalue weighted by molar-refractivity contribution is 7.20. The Labute approximate surface area is 822 Å². The molecular formula is C96H101Cl6N13O13S5. The van der Waals surface area contributed by atoms with E-state index in [1.807, 2.05) is 97.7 Å². The lowest BCUT2D eigenvalue weighted by Crippen LogP contribution is -2.53. The number of thiophene rings is 5. The van der Waals surface area contributed by atoms with E-state index in [0.29, 0.717) is 126 Å². The number of anilines is 5. The van der Waals surface area contributed by atoms with Crippen molar-refractivity contribution in [3.63, 3.8) is 0 Å². The second-order valence-corrected chi connectivity index (χ2v) is 40.7. The Morgan fingerprint density at radius 3 is 1.23 bits per heavy atom. The third-order valence-corrected chi connectivity index (χ3v) is 32.6. The molecule has 133 heavy (non-hydrogen) atoms. The topological polar surface area (TPSA) is 282 Å². The van der Waals surface area contributed by atoms with Gasteiger partial charge < -0.3 is 90.1 Å². The van der Waals surface area contributed by atoms with Gasteiger partial charge in [0.2, 0.25) is 17.5 Å². The predicted octanol–water partition coefficient (Wildman–Crippen LogP) is 16.3. The average Bonchev–Trinajstić information content (AvgIpc) is 1.69. The number of benzene rings is 5. The molecule has 10 aliphatic heterocycles. The minimum absolute atomic E-state index is 0.00446. The van der Waals surface area contributed by atoms with Gasteiger partial charge in [0, 0.05) is 162 Å². The molecule has 15 heterocycles. The van der Waals surface area contributed by atoms with Crippen LogP contribution in [0.3, 0.4) is 0 Å². The van der Waals surface area contributed by atoms with Gasteiger partial charge in [0.05, 0.1) is 132 Å². The zero-order chi connectivity index (χ0) is 92.9. The summed E-state index contributed by atoms with van der Waals surface area (Å²) in [7, 11) is 1.88. The van der Waals surface area contributed by atoms with Gasteiger partial charge in [0.1, 0.15) is 12.1 Å². The Kier molecular flexibility index (Phi) is 33.0. The van der Waals surface area contributed by atoms with E-state index in [-0.39, 0.29) is 77.5 Å². The maximum absolute atomic E-state index is 12.9. The summed E-state index contributed by atoms with van der Waals surface area (Å²) in [6.07, 6.45) is 2.07. The third kappa shape index (κ3) is 22.6. The molecule has 10 aromatic rings. The number of carbonyl (C=O) groups excluding carboxylic acids is 7. The van der Waals surface area contributed by atoms with Crippen LogP contribution in [-0.4, -0.2) is 241 Å². The number of hydrogen-bond acceptors (Lipinski definition) is 23. The number of likely N-dealkylation sites (N-methyl/N-ethyl adjacent to an activating group) is 2. The van der Waals surface area contributed by atoms with Crippen molar-refractivity contribution in [1.82, 2.24) is 36.8 Å². The van der Waals surface area contributed by atoms with Crippen molar-refractivity contribution in [3.8, 4) is 0 Å². The Morgan fingerprint density at radius 2 is 0.805 bits per heavy atom. The molecule has 5 aromatic heterocycles. The molecule has 5 fully saturated rings. The second-order valence-electron chi connectivity index (χ2n) is 33.0. The molecule has 7 N–H and O–H groups in total. The Morgan fingerprint density at radius 1 is 0.436 bits per heavy atom. The molecule has 7 atom stereocenters. The first-order valence-corrected chi connectivity index (χ1v) is 50.8. The average molecular weight is 2020 g/mol. The summed E-state index contributed by atoms with van der Waals surface area (Å²) in [6.45, 7) is 27.5. The highest BCUT2D eigenvalue weighted by Crippen LogP contribution is 2.52. The van der Waals surface area contributed by atoms with Crippen LogP contribution in [0.25, 0.3) is 4.85 Å². The molecule has 3 unspecified atom stereocenters. The molecule has 7 amide bonds. The van der Waals surface area contributed by atoms with E-state index >= 15 is 0 Å². The number of nitrogens with zero attached hydrogens (tertiary/aromatic N) is 7. The maximum Gasteiger partial charge on any atom is 0.264 e. The SMILES string of the molecule is CCNC(=O)[C@@H]1NC(=O)c2sc(N3CCOCC3)cc2[C@H]1c1ccc(Cl)cc1.CN1CC(c2ccc(Cl)cc2)c2cc(N3CCOCC3)sc2C1=O.O=C1NCCC(c2ccc(Cl)cc2)c2cc(N3CCOCC3)sc21.O=C1N[C@@H](C(=O)NCCCO)[C@H](c2ccc(Cl)cc2)c2cc(N3CCOCC3)sc21.[C-]#[N+]c1c(N2CCOCC2)sc2c1C(c1ccc(Cl)c(Cl)c1)CCNC2=O. The molecule has 0 saturated carbocycles. The number of carbonyl (C=O) groups is 7. The number of hydrogen-bond donors (Lipinski definition) is 7. The van der Waals surface area contributed by atoms with Gasteiger partial charge in [-0.2, -0.15) is 0 Å². The van der Waals surface area contributed by atoms with E-state index in [1.54, 1.807) is 40.9 Å². The van der Waals surface area contributed by atoms with Crippen LogP contribution in [0.2, 0.25) is 30.1 Å². The number of morpholine rings is 5. The van der Waals surface area contributed by atoms with E-state index in [9.17, 15) is 33.6 Å². The largest absolute Gasteiger partial charge is 0.396 e. The van der Waals surface area contributed by atoms with Gasteiger partial charge in [-0.1, -0.05) is 124 Å². The summed E-state index contributed by atoms with van der Waals surface area (Å²) < 4.78 is 27.2. The standard InChI is InChI=1S/C21H24ClN3O4S.C20H22ClN3O3S.C19H17Cl2N3O2S.2C18H19ClN2O2S/c22-14-4-2-13(3-5-14)17-15-12-16(25-7-10-29-11-8-25)30-19(15)21(28)24-18(17)20(27)23-6-1-9-26;1-2-22-19(25)17-16(12-3-5-13(21)6-4-12)14-11-15(24-7-9-27-10-8-24)28-18(14)20(26)23-17;1-22-16-15-12(11-2-3-13(20)14(21)10-11)4-5-23-18(25)17(15)27-19(16)24-6-8-26-9-7-24;1-20-11-15(12-2-4-13(19)5-3-12)14-10-16(24-17(14)18(20)22)21-6-8-23-9-7-21;19-13-3-1-12(2-4-13)14-5-6-20-18(22)17-15(14)11-16(24-17)21-7-9-23-10-8-21/h2-5,12,17-18,26H,1,6-11H2,(H,23,27)(H,24,28);3-6,11,16-17H,2,7-10H2,1H3,(H,22,25)(H,23,26);2-3,10,12H,4-9H2,(H,23,25);2-5,10,15H,6-9,11H2,1H3;1-4,11,14H,5-10H2,(H,20,22)/t17-,18-;16-,17-;;;/m11.../s1. The first-order valence-electron chi connectivity index (χ1n) is 44.4. The lowest BCUT2D eigenvalue weighted by atomic mass is 9.82. The molecule has 0 spiro atoms. The summed E-state index contributed by atoms with van der Waals surface area (Å²) >= 11 is 44.0. The summed E-state index contributed by atoms with van der Waals surface area (Å²) in [5.41, 5.74) is 10.7. The fourth-order valence-electron chi connectivity index (χ4n) is 18.0. The minimum atomic E-state index is -0.739. The highest BCUT2D eigenvalue weighted by atomic mass is 35.5. The summed E-state index contributed by atoms with van der Waals surface area (Å²) in [4.78, 5) is 110. The lowest BCUT2D eigenvalue weighted by molar-refractivity contribution is -0.124. The Bertz CT molecular complexity index is 5780. The normalized spacial score (nSPS) is 21.0. The minimum Gasteiger partial charge on any atom is -0.396 e. The van der Waals surface area contributed by atoms with Crippen LogP contribution in [0, 0.1) is 6.57 Å². The van der Waals surface area contributed by atoms with Gasteiger partial charge in [-0.3, -0.25) is 33.6 Å². The third-order valence-electron chi connectivity index (χ3n) is 24.8. The van der Waals surface area contributed by atoms with Crippen molar-refractivity contribution in [2.75, 3.05) is 202 Å². The monoisotopic (exact) mass is 2010 g/mol. The zero-order valence-corrected chi connectivity index (χ0v) is 81.7. The van der Waals surface area contributed by atoms with Gasteiger partial charge in [-0.25, -0.2) is 4.85 Å². The van der Waals surface area contributed by atoms with Crippen molar-refractivity contribution >= 4 is 198 Å². The maximum atomic E-state index is 12.9. The lowest BCUT2D eigenvalue weighted by Gasteiger charge is -2.32. The highest BCUT2D eigenvalue weighted by Gasteiger charge is 2.44. The smallest absolute Gasteiger partial charge is 0.264 e. The van der Waals surface area contributed by atoms with Crippen LogP contribution < -0.4 is 56.4 Å². The van der Waals surface area contributed by atoms with E-state index in [1.165, 1.54) is 55.1 Å². The van der Waals surface area contributed by atoms with Gasteiger partial charge in [-0.15, -0.1) is 56.7 Å². The number of aliphatic hydroxyl groups excluding tert-OH is 1. The molecule has 37 heteroatoms. The van der Waals surface area contributed by atoms with E-state index < -0.39 is 12.1 Å². The zero-order valence-electron chi connectivity index (χ0n) is 73.1. The van der Waals surface area contributed by atoms with Gasteiger partial charge >= 0.3 is 0 Å². The van der Waals surface area contributed by atoms with Crippen LogP contribution in [0.1, 0.15) is 160 Å². The van der Waals surface area contributed by atoms with Crippen molar-refractivity contribution < 1.29 is 62.4 Å². The first-order chi connectivity index (χ1) is 64.6. The van der Waals surface area contributed by atoms with E-state index in [4.69, 9.17) is 105 Å². The molecule has 0 bridgehead atoms. The predicted molar refractivity (Wildman–Crippen MR) is 531 cm³/mol. The van der Waals surface area contributed by atoms with Crippen molar-refractivity contribution in [1.29, 1.82) is 0 Å². The number of rotatable bonds is 16. The van der Waals surface area contributed by atoms with Gasteiger partial charge in [-0.05, 0) is 167 Å². The molecule has 10 aliphatic rings. The number of ether oxygens (including phenoxy) is 5. The molecule has 700 valence electrons. The summed E-state index contributed by atoms with van der Waals surface area (Å²) in [5, 5.41) is 35.4. The van der Waals surface area contributed by atoms with Gasteiger partial charge in [0.15, 0.2) is 0 Å². The summed E-state index contributed by atoms with van der Waals surface area (Å²) in [6, 6.07) is 43.5. The van der Waals surface area contributed by atoms with Crippen molar-refractivity contribution in [2.24, 2.45) is 0 Å². The van der Waals surface area contributed by atoms with Crippen molar-refractivity contribution in [2.45, 2.75) is 67.9 Å². The van der Waals surface area contributed by atoms with Crippen molar-refractivity contribution in [3.05, 3.63) is 261 Å². The quantitative estimate of drug-likeness (QED) is 0.0350. The summed E-state index contributed by atoms with van der Waals surface area (Å²) in [5.74, 6) is -1.05. The second kappa shape index (κ2) is 45.2. The van der Waals surface area contributed by atoms with Gasteiger partial charge in [0.25, 0.3) is 29.5 Å². The molecule has 0 aliphatic carbocycles. The number of fused-ring (bicyclic) bond motifs is 5. The number of nitrogens with one attached hydrogen (secondary N) is 6. The Hall–Kier alpha value is -9.12. The fourth-order valence-corrected chi connectivity index (χ4v) is 24.8. The van der Waals surface area contributed by atoms with Crippen LogP contribution in [0.5, 0.6) is 0 Å². The van der Waals surface area contributed by atoms with E-state index in [2.05, 4.69) is 104 Å². The fraction of sp³-hybridized carbons (Fsp3) is 0.396. The van der Waals surface area contributed by atoms with Crippen LogP contribution in [0.15, 0.2) is 140 Å². The molecular weight excluding hydrogens is 1920 g/mol. The molecule has 20 rings (SSSR count). The number of amides is 7. The number of halogens is 6. The first kappa shape index (κ1) is 97.0. The number of aliphatic hydroxyl groups is 1. The van der Waals surface area contributed by atoms with Crippen LogP contribution in [-0.2, 0) is 33.3 Å².